The lowest BCUT2D eigenvalue weighted by atomic mass is 9.89. The Labute approximate surface area is 214 Å². The van der Waals surface area contributed by atoms with Crippen LogP contribution in [0.4, 0.5) is 0 Å². The molecule has 2 atom stereocenters. The van der Waals surface area contributed by atoms with Crippen LogP contribution in [-0.4, -0.2) is 47.5 Å². The second kappa shape index (κ2) is 13.5. The van der Waals surface area contributed by atoms with Crippen molar-refractivity contribution in [3.05, 3.63) is 53.1 Å². The van der Waals surface area contributed by atoms with Crippen molar-refractivity contribution in [2.24, 2.45) is 10.9 Å². The van der Waals surface area contributed by atoms with Crippen LogP contribution in [0, 0.1) is 12.8 Å². The van der Waals surface area contributed by atoms with Crippen LogP contribution in [0.25, 0.3) is 0 Å². The molecule has 33 heavy (non-hydrogen) atoms. The number of rotatable bonds is 8. The smallest absolute Gasteiger partial charge is 0.203 e. The van der Waals surface area contributed by atoms with Crippen LogP contribution in [0.5, 0.6) is 17.2 Å². The summed E-state index contributed by atoms with van der Waals surface area (Å²) in [6, 6.07) is 12.5. The van der Waals surface area contributed by atoms with Crippen molar-refractivity contribution in [2.45, 2.75) is 32.4 Å². The molecule has 0 aliphatic carbocycles. The van der Waals surface area contributed by atoms with E-state index in [0.717, 1.165) is 37.5 Å². The van der Waals surface area contributed by atoms with Crippen molar-refractivity contribution in [2.75, 3.05) is 41.5 Å². The summed E-state index contributed by atoms with van der Waals surface area (Å²) in [7, 11) is 6.61. The van der Waals surface area contributed by atoms with Gasteiger partial charge in [0, 0.05) is 32.7 Å². The molecule has 0 amide bonds. The van der Waals surface area contributed by atoms with E-state index in [-0.39, 0.29) is 30.1 Å². The molecule has 2 N–H and O–H groups in total. The van der Waals surface area contributed by atoms with Crippen molar-refractivity contribution >= 4 is 29.9 Å². The second-order valence-corrected chi connectivity index (χ2v) is 7.94. The Hall–Kier alpha value is -2.20. The molecule has 8 heteroatoms. The SMILES string of the molecule is CN=C(NCc1cc(OC)c(OC)c(OC)c1)NCC1CCCOC1c1ccc(C)cc1.I. The standard InChI is InChI=1S/C25H35N3O4.HI/c1-17-8-10-19(11-9-17)23-20(7-6-12-32-23)16-28-25(26-2)27-15-18-13-21(29-3)24(31-5)22(14-18)30-4;/h8-11,13-14,20,23H,6-7,12,15-16H2,1-5H3,(H2,26,27,28);1H. The average molecular weight is 569 g/mol. The van der Waals surface area contributed by atoms with Crippen LogP contribution in [0.3, 0.4) is 0 Å². The Morgan fingerprint density at radius 2 is 1.70 bits per heavy atom. The van der Waals surface area contributed by atoms with Gasteiger partial charge < -0.3 is 29.6 Å². The van der Waals surface area contributed by atoms with E-state index in [4.69, 9.17) is 18.9 Å². The van der Waals surface area contributed by atoms with Gasteiger partial charge in [0.05, 0.1) is 27.4 Å². The summed E-state index contributed by atoms with van der Waals surface area (Å²) in [4.78, 5) is 4.38. The van der Waals surface area contributed by atoms with E-state index in [9.17, 15) is 0 Å². The van der Waals surface area contributed by atoms with Crippen LogP contribution in [0.2, 0.25) is 0 Å². The third kappa shape index (κ3) is 7.14. The lowest BCUT2D eigenvalue weighted by Gasteiger charge is -2.32. The van der Waals surface area contributed by atoms with Gasteiger partial charge in [-0.3, -0.25) is 4.99 Å². The van der Waals surface area contributed by atoms with Crippen molar-refractivity contribution in [1.29, 1.82) is 0 Å². The van der Waals surface area contributed by atoms with Crippen LogP contribution in [0.15, 0.2) is 41.4 Å². The molecule has 2 aromatic rings. The molecule has 3 rings (SSSR count). The molecular formula is C25H36IN3O4. The summed E-state index contributed by atoms with van der Waals surface area (Å²) in [6.07, 6.45) is 2.30. The van der Waals surface area contributed by atoms with Crippen LogP contribution < -0.4 is 24.8 Å². The van der Waals surface area contributed by atoms with E-state index in [1.165, 1.54) is 11.1 Å². The highest BCUT2D eigenvalue weighted by Gasteiger charge is 2.27. The predicted octanol–water partition coefficient (Wildman–Crippen LogP) is 4.47. The second-order valence-electron chi connectivity index (χ2n) is 7.94. The number of nitrogens with zero attached hydrogens (tertiary/aromatic N) is 1. The number of ether oxygens (including phenoxy) is 4. The Bertz CT molecular complexity index is 880. The predicted molar refractivity (Wildman–Crippen MR) is 142 cm³/mol. The Balaban J connectivity index is 0.00000385. The topological polar surface area (TPSA) is 73.3 Å². The first-order valence-electron chi connectivity index (χ1n) is 11.0. The Morgan fingerprint density at radius 1 is 1.03 bits per heavy atom. The van der Waals surface area contributed by atoms with Crippen molar-refractivity contribution < 1.29 is 18.9 Å². The largest absolute Gasteiger partial charge is 0.493 e. The maximum atomic E-state index is 6.14. The third-order valence-electron chi connectivity index (χ3n) is 5.79. The van der Waals surface area contributed by atoms with Gasteiger partial charge in [0.15, 0.2) is 17.5 Å². The van der Waals surface area contributed by atoms with Crippen LogP contribution in [-0.2, 0) is 11.3 Å². The number of methoxy groups -OCH3 is 3. The van der Waals surface area contributed by atoms with Gasteiger partial charge in [-0.1, -0.05) is 29.8 Å². The van der Waals surface area contributed by atoms with Gasteiger partial charge >= 0.3 is 0 Å². The molecule has 1 aliphatic rings. The summed E-state index contributed by atoms with van der Waals surface area (Å²) >= 11 is 0. The number of aliphatic imine (C=N–C) groups is 1. The number of benzene rings is 2. The van der Waals surface area contributed by atoms with Gasteiger partial charge in [0.25, 0.3) is 0 Å². The fourth-order valence-corrected chi connectivity index (χ4v) is 4.05. The highest BCUT2D eigenvalue weighted by molar-refractivity contribution is 14.0. The molecule has 0 bridgehead atoms. The quantitative estimate of drug-likeness (QED) is 0.278. The third-order valence-corrected chi connectivity index (χ3v) is 5.79. The first-order chi connectivity index (χ1) is 15.6. The molecule has 0 saturated carbocycles. The first kappa shape index (κ1) is 27.0. The van der Waals surface area contributed by atoms with Gasteiger partial charge in [-0.25, -0.2) is 0 Å². The summed E-state index contributed by atoms with van der Waals surface area (Å²) < 4.78 is 22.4. The molecule has 1 fully saturated rings. The van der Waals surface area contributed by atoms with E-state index in [1.54, 1.807) is 28.4 Å². The summed E-state index contributed by atoms with van der Waals surface area (Å²) in [5.41, 5.74) is 3.50. The van der Waals surface area contributed by atoms with Crippen molar-refractivity contribution in [1.82, 2.24) is 10.6 Å². The van der Waals surface area contributed by atoms with Crippen LogP contribution in [0.1, 0.15) is 35.6 Å². The molecule has 0 spiro atoms. The van der Waals surface area contributed by atoms with Crippen molar-refractivity contribution in [3.63, 3.8) is 0 Å². The van der Waals surface area contributed by atoms with Gasteiger partial charge in [-0.2, -0.15) is 0 Å². The zero-order chi connectivity index (χ0) is 22.9. The Morgan fingerprint density at radius 3 is 2.27 bits per heavy atom. The molecule has 0 radical (unpaired) electrons. The van der Waals surface area contributed by atoms with E-state index in [1.807, 2.05) is 12.1 Å². The van der Waals surface area contributed by atoms with E-state index >= 15 is 0 Å². The minimum Gasteiger partial charge on any atom is -0.493 e. The molecule has 182 valence electrons. The zero-order valence-electron chi connectivity index (χ0n) is 20.1. The molecule has 1 saturated heterocycles. The monoisotopic (exact) mass is 569 g/mol. The number of aryl methyl sites for hydroxylation is 1. The summed E-state index contributed by atoms with van der Waals surface area (Å²) in [5, 5.41) is 6.85. The fourth-order valence-electron chi connectivity index (χ4n) is 4.05. The lowest BCUT2D eigenvalue weighted by Crippen LogP contribution is -2.41. The molecule has 0 aromatic heterocycles. The molecule has 1 heterocycles. The van der Waals surface area contributed by atoms with E-state index in [0.29, 0.717) is 29.7 Å². The Kier molecular flexibility index (Phi) is 11.1. The van der Waals surface area contributed by atoms with Crippen LogP contribution >= 0.6 is 24.0 Å². The molecular weight excluding hydrogens is 533 g/mol. The summed E-state index contributed by atoms with van der Waals surface area (Å²) in [5.74, 6) is 2.97. The first-order valence-corrected chi connectivity index (χ1v) is 11.0. The fraction of sp³-hybridized carbons (Fsp3) is 0.480. The maximum absolute atomic E-state index is 6.14. The number of halogens is 1. The number of guanidine groups is 1. The van der Waals surface area contributed by atoms with Gasteiger partial charge in [0.1, 0.15) is 0 Å². The van der Waals surface area contributed by atoms with Crippen molar-refractivity contribution in [3.8, 4) is 17.2 Å². The van der Waals surface area contributed by atoms with Gasteiger partial charge in [-0.15, -0.1) is 24.0 Å². The highest BCUT2D eigenvalue weighted by atomic mass is 127. The molecule has 2 aromatic carbocycles. The molecule has 1 aliphatic heterocycles. The normalized spacial score (nSPS) is 18.2. The minimum atomic E-state index is 0. The maximum Gasteiger partial charge on any atom is 0.203 e. The number of nitrogens with one attached hydrogen (secondary N) is 2. The zero-order valence-corrected chi connectivity index (χ0v) is 22.5. The van der Waals surface area contributed by atoms with Gasteiger partial charge in [-0.05, 0) is 43.0 Å². The van der Waals surface area contributed by atoms with E-state index < -0.39 is 0 Å². The lowest BCUT2D eigenvalue weighted by molar-refractivity contribution is -0.0265. The number of hydrogen-bond acceptors (Lipinski definition) is 5. The molecule has 2 unspecified atom stereocenters. The average Bonchev–Trinajstić information content (AvgIpc) is 2.84. The minimum absolute atomic E-state index is 0. The molecule has 7 nitrogen and oxygen atoms in total. The van der Waals surface area contributed by atoms with E-state index in [2.05, 4.69) is 46.8 Å². The number of hydrogen-bond donors (Lipinski definition) is 2. The highest BCUT2D eigenvalue weighted by Crippen LogP contribution is 2.38. The van der Waals surface area contributed by atoms with Gasteiger partial charge in [0.2, 0.25) is 5.75 Å². The summed E-state index contributed by atoms with van der Waals surface area (Å²) in [6.45, 7) is 4.27.